The Hall–Kier alpha value is -2.37. The van der Waals surface area contributed by atoms with E-state index in [2.05, 4.69) is 22.1 Å². The van der Waals surface area contributed by atoms with Crippen molar-refractivity contribution >= 4 is 5.91 Å². The molecule has 1 aliphatic rings. The molecule has 3 rings (SSSR count). The number of aromatic amines is 1. The van der Waals surface area contributed by atoms with Crippen LogP contribution in [0.1, 0.15) is 47.4 Å². The van der Waals surface area contributed by atoms with Crippen molar-refractivity contribution in [3.8, 4) is 5.75 Å². The SMILES string of the molecule is CCc1cn[nH]c1C1CCCN(C(=O)c2ncccc2O)C1. The Morgan fingerprint density at radius 3 is 3.18 bits per heavy atom. The van der Waals surface area contributed by atoms with Crippen molar-refractivity contribution in [2.45, 2.75) is 32.1 Å². The third-order valence-corrected chi connectivity index (χ3v) is 4.24. The molecule has 0 aromatic carbocycles. The minimum Gasteiger partial charge on any atom is -0.505 e. The van der Waals surface area contributed by atoms with Gasteiger partial charge < -0.3 is 10.0 Å². The van der Waals surface area contributed by atoms with Gasteiger partial charge in [-0.2, -0.15) is 5.10 Å². The molecule has 2 aromatic rings. The van der Waals surface area contributed by atoms with Gasteiger partial charge in [0.05, 0.1) is 6.20 Å². The van der Waals surface area contributed by atoms with Gasteiger partial charge in [-0.3, -0.25) is 9.89 Å². The number of nitrogens with one attached hydrogen (secondary N) is 1. The Bertz CT molecular complexity index is 668. The summed E-state index contributed by atoms with van der Waals surface area (Å²) < 4.78 is 0. The number of H-pyrrole nitrogens is 1. The average molecular weight is 300 g/mol. The molecule has 0 radical (unpaired) electrons. The third kappa shape index (κ3) is 2.68. The second kappa shape index (κ2) is 6.17. The summed E-state index contributed by atoms with van der Waals surface area (Å²) in [5, 5.41) is 17.0. The van der Waals surface area contributed by atoms with Gasteiger partial charge in [0.1, 0.15) is 5.75 Å². The Morgan fingerprint density at radius 2 is 2.41 bits per heavy atom. The van der Waals surface area contributed by atoms with Crippen LogP contribution in [0, 0.1) is 0 Å². The minimum atomic E-state index is -0.208. The van der Waals surface area contributed by atoms with Crippen molar-refractivity contribution in [3.63, 3.8) is 0 Å². The van der Waals surface area contributed by atoms with E-state index < -0.39 is 0 Å². The lowest BCUT2D eigenvalue weighted by molar-refractivity contribution is 0.0696. The van der Waals surface area contributed by atoms with Crippen LogP contribution in [0.4, 0.5) is 0 Å². The van der Waals surface area contributed by atoms with Gasteiger partial charge in [0.15, 0.2) is 5.69 Å². The minimum absolute atomic E-state index is 0.0644. The van der Waals surface area contributed by atoms with Gasteiger partial charge in [0.2, 0.25) is 0 Å². The number of aryl methyl sites for hydroxylation is 1. The maximum Gasteiger partial charge on any atom is 0.276 e. The van der Waals surface area contributed by atoms with Crippen LogP contribution < -0.4 is 0 Å². The number of piperidine rings is 1. The number of amides is 1. The van der Waals surface area contributed by atoms with Gasteiger partial charge in [-0.05, 0) is 37.0 Å². The standard InChI is InChI=1S/C16H20N4O2/c1-2-11-9-18-19-14(11)12-5-4-8-20(10-12)16(22)15-13(21)6-3-7-17-15/h3,6-7,9,12,21H,2,4-5,8,10H2,1H3,(H,18,19). The number of pyridine rings is 1. The molecular weight excluding hydrogens is 280 g/mol. The molecular formula is C16H20N4O2. The molecule has 2 N–H and O–H groups in total. The molecule has 1 saturated heterocycles. The van der Waals surface area contributed by atoms with E-state index in [9.17, 15) is 9.90 Å². The largest absolute Gasteiger partial charge is 0.505 e. The fourth-order valence-electron chi connectivity index (χ4n) is 3.06. The average Bonchev–Trinajstić information content (AvgIpc) is 3.03. The van der Waals surface area contributed by atoms with Crippen molar-refractivity contribution in [3.05, 3.63) is 41.5 Å². The maximum atomic E-state index is 12.6. The number of aromatic hydroxyl groups is 1. The number of carbonyl (C=O) groups is 1. The van der Waals surface area contributed by atoms with Crippen LogP contribution in [0.15, 0.2) is 24.5 Å². The molecule has 0 saturated carbocycles. The van der Waals surface area contributed by atoms with E-state index in [1.165, 1.54) is 17.8 Å². The molecule has 22 heavy (non-hydrogen) atoms. The first-order chi connectivity index (χ1) is 10.7. The Morgan fingerprint density at radius 1 is 1.55 bits per heavy atom. The topological polar surface area (TPSA) is 82.1 Å². The van der Waals surface area contributed by atoms with Crippen molar-refractivity contribution in [2.75, 3.05) is 13.1 Å². The number of nitrogens with zero attached hydrogens (tertiary/aromatic N) is 3. The van der Waals surface area contributed by atoms with Gasteiger partial charge in [-0.1, -0.05) is 6.92 Å². The molecule has 6 nitrogen and oxygen atoms in total. The van der Waals surface area contributed by atoms with E-state index in [4.69, 9.17) is 0 Å². The molecule has 1 amide bonds. The van der Waals surface area contributed by atoms with Gasteiger partial charge in [0, 0.05) is 30.9 Å². The molecule has 0 spiro atoms. The fourth-order valence-corrected chi connectivity index (χ4v) is 3.06. The fraction of sp³-hybridized carbons (Fsp3) is 0.438. The van der Waals surface area contributed by atoms with Crippen LogP contribution >= 0.6 is 0 Å². The van der Waals surface area contributed by atoms with Gasteiger partial charge in [-0.15, -0.1) is 0 Å². The lowest BCUT2D eigenvalue weighted by atomic mass is 9.92. The zero-order valence-electron chi connectivity index (χ0n) is 12.6. The molecule has 0 aliphatic carbocycles. The highest BCUT2D eigenvalue weighted by Gasteiger charge is 2.29. The van der Waals surface area contributed by atoms with Crippen molar-refractivity contribution < 1.29 is 9.90 Å². The molecule has 1 fully saturated rings. The van der Waals surface area contributed by atoms with Crippen LogP contribution in [0.2, 0.25) is 0 Å². The summed E-state index contributed by atoms with van der Waals surface area (Å²) in [5.74, 6) is -0.00761. The Labute approximate surface area is 129 Å². The van der Waals surface area contributed by atoms with Crippen molar-refractivity contribution in [2.24, 2.45) is 0 Å². The highest BCUT2D eigenvalue weighted by molar-refractivity contribution is 5.94. The van der Waals surface area contributed by atoms with E-state index in [-0.39, 0.29) is 23.3 Å². The first-order valence-electron chi connectivity index (χ1n) is 7.66. The normalized spacial score (nSPS) is 18.4. The highest BCUT2D eigenvalue weighted by Crippen LogP contribution is 2.29. The molecule has 6 heteroatoms. The third-order valence-electron chi connectivity index (χ3n) is 4.24. The summed E-state index contributed by atoms with van der Waals surface area (Å²) in [5.41, 5.74) is 2.47. The zero-order chi connectivity index (χ0) is 15.5. The van der Waals surface area contributed by atoms with Crippen LogP contribution in [-0.2, 0) is 6.42 Å². The van der Waals surface area contributed by atoms with E-state index in [1.807, 2.05) is 6.20 Å². The number of hydrogen-bond acceptors (Lipinski definition) is 4. The first-order valence-corrected chi connectivity index (χ1v) is 7.66. The summed E-state index contributed by atoms with van der Waals surface area (Å²) in [6, 6.07) is 3.11. The summed E-state index contributed by atoms with van der Waals surface area (Å²) in [4.78, 5) is 18.4. The molecule has 0 bridgehead atoms. The lowest BCUT2D eigenvalue weighted by Gasteiger charge is -2.32. The second-order valence-corrected chi connectivity index (χ2v) is 5.62. The summed E-state index contributed by atoms with van der Waals surface area (Å²) in [7, 11) is 0. The lowest BCUT2D eigenvalue weighted by Crippen LogP contribution is -2.39. The predicted octanol–water partition coefficient (Wildman–Crippen LogP) is 2.09. The van der Waals surface area contributed by atoms with E-state index in [1.54, 1.807) is 11.0 Å². The van der Waals surface area contributed by atoms with Gasteiger partial charge in [-0.25, -0.2) is 4.98 Å². The van der Waals surface area contributed by atoms with Crippen molar-refractivity contribution in [1.82, 2.24) is 20.1 Å². The Kier molecular flexibility index (Phi) is 4.09. The zero-order valence-corrected chi connectivity index (χ0v) is 12.6. The first kappa shape index (κ1) is 14.6. The number of rotatable bonds is 3. The Balaban J connectivity index is 1.79. The number of likely N-dealkylation sites (tertiary alicyclic amines) is 1. The molecule has 1 unspecified atom stereocenters. The summed E-state index contributed by atoms with van der Waals surface area (Å²) >= 11 is 0. The molecule has 1 atom stereocenters. The van der Waals surface area contributed by atoms with Crippen LogP contribution in [-0.4, -0.2) is 44.2 Å². The summed E-state index contributed by atoms with van der Waals surface area (Å²) in [6.07, 6.45) is 6.29. The summed E-state index contributed by atoms with van der Waals surface area (Å²) in [6.45, 7) is 3.43. The monoisotopic (exact) mass is 300 g/mol. The molecule has 3 heterocycles. The maximum absolute atomic E-state index is 12.6. The predicted molar refractivity (Wildman–Crippen MR) is 81.7 cm³/mol. The van der Waals surface area contributed by atoms with Crippen LogP contribution in [0.3, 0.4) is 0 Å². The van der Waals surface area contributed by atoms with E-state index >= 15 is 0 Å². The van der Waals surface area contributed by atoms with Crippen LogP contribution in [0.5, 0.6) is 5.75 Å². The van der Waals surface area contributed by atoms with Crippen LogP contribution in [0.25, 0.3) is 0 Å². The number of aromatic nitrogens is 3. The van der Waals surface area contributed by atoms with Gasteiger partial charge >= 0.3 is 0 Å². The number of carbonyl (C=O) groups excluding carboxylic acids is 1. The second-order valence-electron chi connectivity index (χ2n) is 5.62. The van der Waals surface area contributed by atoms with E-state index in [0.717, 1.165) is 25.0 Å². The van der Waals surface area contributed by atoms with Crippen molar-refractivity contribution in [1.29, 1.82) is 0 Å². The van der Waals surface area contributed by atoms with Gasteiger partial charge in [0.25, 0.3) is 5.91 Å². The highest BCUT2D eigenvalue weighted by atomic mass is 16.3. The smallest absolute Gasteiger partial charge is 0.276 e. The molecule has 116 valence electrons. The molecule has 1 aliphatic heterocycles. The quantitative estimate of drug-likeness (QED) is 0.909. The molecule has 2 aromatic heterocycles. The van der Waals surface area contributed by atoms with E-state index in [0.29, 0.717) is 13.1 Å². The number of hydrogen-bond donors (Lipinski definition) is 2.